The van der Waals surface area contributed by atoms with Crippen LogP contribution in [-0.2, 0) is 5.75 Å². The standard InChI is InChI=1S/C17H15N3O2S/c1-13-5-2-3-8-16(13)19-10-9-18-17(19)23-12-14-6-4-7-15(11-14)20(21)22/h2-11H,12H2,1H3. The molecule has 6 heteroatoms. The fourth-order valence-electron chi connectivity index (χ4n) is 2.32. The average molecular weight is 325 g/mol. The molecule has 0 saturated carbocycles. The average Bonchev–Trinajstić information content (AvgIpc) is 3.02. The number of thioether (sulfide) groups is 1. The Morgan fingerprint density at radius 3 is 2.83 bits per heavy atom. The zero-order valence-corrected chi connectivity index (χ0v) is 13.4. The van der Waals surface area contributed by atoms with Crippen molar-refractivity contribution in [2.45, 2.75) is 17.8 Å². The van der Waals surface area contributed by atoms with Crippen LogP contribution in [0.5, 0.6) is 0 Å². The minimum Gasteiger partial charge on any atom is -0.295 e. The first kappa shape index (κ1) is 15.3. The van der Waals surface area contributed by atoms with Gasteiger partial charge in [-0.2, -0.15) is 0 Å². The molecule has 0 N–H and O–H groups in total. The predicted octanol–water partition coefficient (Wildman–Crippen LogP) is 4.38. The van der Waals surface area contributed by atoms with E-state index in [1.807, 2.05) is 29.0 Å². The van der Waals surface area contributed by atoms with E-state index in [2.05, 4.69) is 24.0 Å². The van der Waals surface area contributed by atoms with Crippen molar-refractivity contribution in [3.05, 3.63) is 82.2 Å². The number of nitro benzene ring substituents is 1. The van der Waals surface area contributed by atoms with Gasteiger partial charge in [0.1, 0.15) is 0 Å². The van der Waals surface area contributed by atoms with E-state index in [0.29, 0.717) is 5.75 Å². The zero-order chi connectivity index (χ0) is 16.2. The van der Waals surface area contributed by atoms with Crippen LogP contribution in [0.25, 0.3) is 5.69 Å². The molecule has 116 valence electrons. The van der Waals surface area contributed by atoms with Crippen molar-refractivity contribution in [1.82, 2.24) is 9.55 Å². The van der Waals surface area contributed by atoms with Crippen LogP contribution in [0.2, 0.25) is 0 Å². The molecular weight excluding hydrogens is 310 g/mol. The summed E-state index contributed by atoms with van der Waals surface area (Å²) in [4.78, 5) is 14.9. The Bertz CT molecular complexity index is 845. The first-order chi connectivity index (χ1) is 11.1. The van der Waals surface area contributed by atoms with E-state index in [4.69, 9.17) is 0 Å². The quantitative estimate of drug-likeness (QED) is 0.397. The van der Waals surface area contributed by atoms with Crippen molar-refractivity contribution >= 4 is 17.4 Å². The van der Waals surface area contributed by atoms with Crippen molar-refractivity contribution < 1.29 is 4.92 Å². The summed E-state index contributed by atoms with van der Waals surface area (Å²) >= 11 is 1.56. The van der Waals surface area contributed by atoms with Gasteiger partial charge in [0.2, 0.25) is 0 Å². The third-order valence-electron chi connectivity index (χ3n) is 3.47. The number of nitrogens with zero attached hydrogens (tertiary/aromatic N) is 3. The van der Waals surface area contributed by atoms with Gasteiger partial charge in [-0.05, 0) is 24.1 Å². The lowest BCUT2D eigenvalue weighted by molar-refractivity contribution is -0.384. The highest BCUT2D eigenvalue weighted by Gasteiger charge is 2.10. The van der Waals surface area contributed by atoms with E-state index in [-0.39, 0.29) is 10.6 Å². The van der Waals surface area contributed by atoms with Crippen LogP contribution in [0.4, 0.5) is 5.69 Å². The van der Waals surface area contributed by atoms with E-state index in [9.17, 15) is 10.1 Å². The van der Waals surface area contributed by atoms with Crippen LogP contribution in [0.15, 0.2) is 66.1 Å². The summed E-state index contributed by atoms with van der Waals surface area (Å²) in [5.41, 5.74) is 3.28. The Hall–Kier alpha value is -2.60. The maximum Gasteiger partial charge on any atom is 0.269 e. The minimum atomic E-state index is -0.373. The second-order valence-electron chi connectivity index (χ2n) is 5.08. The third-order valence-corrected chi connectivity index (χ3v) is 4.51. The number of nitro groups is 1. The maximum absolute atomic E-state index is 10.8. The number of aromatic nitrogens is 2. The molecular formula is C17H15N3O2S. The van der Waals surface area contributed by atoms with Crippen molar-refractivity contribution in [3.63, 3.8) is 0 Å². The number of non-ortho nitro benzene ring substituents is 1. The number of para-hydroxylation sites is 1. The van der Waals surface area contributed by atoms with Gasteiger partial charge in [-0.15, -0.1) is 0 Å². The smallest absolute Gasteiger partial charge is 0.269 e. The second-order valence-corrected chi connectivity index (χ2v) is 6.02. The summed E-state index contributed by atoms with van der Waals surface area (Å²) in [5, 5.41) is 11.7. The van der Waals surface area contributed by atoms with E-state index in [1.165, 1.54) is 11.6 Å². The molecule has 0 bridgehead atoms. The normalized spacial score (nSPS) is 10.7. The van der Waals surface area contributed by atoms with Gasteiger partial charge in [0.15, 0.2) is 5.16 Å². The minimum absolute atomic E-state index is 0.116. The topological polar surface area (TPSA) is 61.0 Å². The summed E-state index contributed by atoms with van der Waals surface area (Å²) in [5.74, 6) is 0.630. The van der Waals surface area contributed by atoms with Crippen LogP contribution in [0.1, 0.15) is 11.1 Å². The van der Waals surface area contributed by atoms with E-state index in [0.717, 1.165) is 16.4 Å². The molecule has 0 aliphatic heterocycles. The maximum atomic E-state index is 10.8. The molecule has 1 heterocycles. The van der Waals surface area contributed by atoms with E-state index in [1.54, 1.807) is 30.1 Å². The van der Waals surface area contributed by atoms with Gasteiger partial charge < -0.3 is 0 Å². The van der Waals surface area contributed by atoms with Gasteiger partial charge in [-0.1, -0.05) is 42.1 Å². The van der Waals surface area contributed by atoms with E-state index >= 15 is 0 Å². The summed E-state index contributed by atoms with van der Waals surface area (Å²) < 4.78 is 2.04. The lowest BCUT2D eigenvalue weighted by Crippen LogP contribution is -1.98. The second kappa shape index (κ2) is 6.66. The number of hydrogen-bond donors (Lipinski definition) is 0. The van der Waals surface area contributed by atoms with Gasteiger partial charge in [-0.3, -0.25) is 14.7 Å². The lowest BCUT2D eigenvalue weighted by atomic mass is 10.2. The number of aryl methyl sites for hydroxylation is 1. The Kier molecular flexibility index (Phi) is 4.43. The zero-order valence-electron chi connectivity index (χ0n) is 12.5. The van der Waals surface area contributed by atoms with Crippen LogP contribution in [-0.4, -0.2) is 14.5 Å². The van der Waals surface area contributed by atoms with Gasteiger partial charge in [-0.25, -0.2) is 4.98 Å². The van der Waals surface area contributed by atoms with E-state index < -0.39 is 0 Å². The number of rotatable bonds is 5. The first-order valence-corrected chi connectivity index (χ1v) is 8.09. The largest absolute Gasteiger partial charge is 0.295 e. The molecule has 2 aromatic carbocycles. The Morgan fingerprint density at radius 2 is 2.04 bits per heavy atom. The fraction of sp³-hybridized carbons (Fsp3) is 0.118. The SMILES string of the molecule is Cc1ccccc1-n1ccnc1SCc1cccc([N+](=O)[O-])c1. The van der Waals surface area contributed by atoms with Crippen molar-refractivity contribution in [1.29, 1.82) is 0 Å². The fourth-order valence-corrected chi connectivity index (χ4v) is 3.23. The monoisotopic (exact) mass is 325 g/mol. The third kappa shape index (κ3) is 3.43. The lowest BCUT2D eigenvalue weighted by Gasteiger charge is -2.10. The highest BCUT2D eigenvalue weighted by molar-refractivity contribution is 7.98. The molecule has 3 rings (SSSR count). The molecule has 0 saturated heterocycles. The highest BCUT2D eigenvalue weighted by atomic mass is 32.2. The van der Waals surface area contributed by atoms with Gasteiger partial charge in [0.25, 0.3) is 5.69 Å². The Labute approximate surface area is 138 Å². The van der Waals surface area contributed by atoms with Crippen molar-refractivity contribution in [2.75, 3.05) is 0 Å². The molecule has 3 aromatic rings. The van der Waals surface area contributed by atoms with Crippen molar-refractivity contribution in [3.8, 4) is 5.69 Å². The molecule has 0 aliphatic rings. The Balaban J connectivity index is 1.80. The predicted molar refractivity (Wildman–Crippen MR) is 91.0 cm³/mol. The Morgan fingerprint density at radius 1 is 1.22 bits per heavy atom. The summed E-state index contributed by atoms with van der Waals surface area (Å²) in [6.07, 6.45) is 3.69. The molecule has 0 fully saturated rings. The summed E-state index contributed by atoms with van der Waals surface area (Å²) in [6, 6.07) is 14.8. The molecule has 5 nitrogen and oxygen atoms in total. The molecule has 0 aliphatic carbocycles. The molecule has 0 unspecified atom stereocenters. The molecule has 0 amide bonds. The number of benzene rings is 2. The van der Waals surface area contributed by atoms with Crippen LogP contribution < -0.4 is 0 Å². The van der Waals surface area contributed by atoms with Crippen LogP contribution in [0, 0.1) is 17.0 Å². The van der Waals surface area contributed by atoms with Crippen molar-refractivity contribution in [2.24, 2.45) is 0 Å². The van der Waals surface area contributed by atoms with Gasteiger partial charge >= 0.3 is 0 Å². The first-order valence-electron chi connectivity index (χ1n) is 7.10. The molecule has 0 radical (unpaired) electrons. The summed E-state index contributed by atoms with van der Waals surface area (Å²) in [6.45, 7) is 2.06. The molecule has 0 atom stereocenters. The highest BCUT2D eigenvalue weighted by Crippen LogP contribution is 2.26. The molecule has 0 spiro atoms. The summed E-state index contributed by atoms with van der Waals surface area (Å²) in [7, 11) is 0. The molecule has 1 aromatic heterocycles. The number of imidazole rings is 1. The van der Waals surface area contributed by atoms with Gasteiger partial charge in [0.05, 0.1) is 10.6 Å². The van der Waals surface area contributed by atoms with Gasteiger partial charge in [0, 0.05) is 30.3 Å². The molecule has 23 heavy (non-hydrogen) atoms. The van der Waals surface area contributed by atoms with Crippen LogP contribution in [0.3, 0.4) is 0 Å². The van der Waals surface area contributed by atoms with Crippen LogP contribution >= 0.6 is 11.8 Å². The number of hydrogen-bond acceptors (Lipinski definition) is 4.